The van der Waals surface area contributed by atoms with Crippen LogP contribution in [0.25, 0.3) is 43.6 Å². The molecule has 0 saturated heterocycles. The Balaban J connectivity index is 1.82. The highest BCUT2D eigenvalue weighted by Gasteiger charge is 2.36. The Morgan fingerprint density at radius 1 is 0.700 bits per heavy atom. The summed E-state index contributed by atoms with van der Waals surface area (Å²) in [6, 6.07) is 6.04. The SMILES string of the molecule is Cc1oc2cc3c(-c4c(O)cc(C)c5c(O)c6c(cc45)OC(C)C(C)C6=O)c(O)cc(C)c3c(O)c2c(=O)c1C. The molecule has 4 aromatic carbocycles. The number of aryl methyl sites for hydroxylation is 3. The first-order valence-electron chi connectivity index (χ1n) is 13.0. The summed E-state index contributed by atoms with van der Waals surface area (Å²) in [6.07, 6.45) is -0.440. The van der Waals surface area contributed by atoms with Crippen molar-refractivity contribution in [2.24, 2.45) is 5.92 Å². The second-order valence-electron chi connectivity index (χ2n) is 10.8. The van der Waals surface area contributed by atoms with Gasteiger partial charge in [-0.25, -0.2) is 0 Å². The molecule has 6 rings (SSSR count). The zero-order valence-corrected chi connectivity index (χ0v) is 22.9. The van der Waals surface area contributed by atoms with Gasteiger partial charge in [0, 0.05) is 38.2 Å². The van der Waals surface area contributed by atoms with Crippen molar-refractivity contribution in [3.8, 4) is 39.9 Å². The Kier molecular flexibility index (Phi) is 5.36. The van der Waals surface area contributed by atoms with E-state index in [4.69, 9.17) is 9.15 Å². The molecule has 0 amide bonds. The molecule has 1 aromatic heterocycles. The van der Waals surface area contributed by atoms with Gasteiger partial charge < -0.3 is 29.6 Å². The van der Waals surface area contributed by atoms with Gasteiger partial charge in [0.2, 0.25) is 0 Å². The Morgan fingerprint density at radius 3 is 1.85 bits per heavy atom. The molecule has 8 heteroatoms. The van der Waals surface area contributed by atoms with Crippen molar-refractivity contribution in [1.82, 2.24) is 0 Å². The Bertz CT molecular complexity index is 2030. The maximum Gasteiger partial charge on any atom is 0.199 e. The Hall–Kier alpha value is -4.72. The second-order valence-corrected chi connectivity index (χ2v) is 10.8. The summed E-state index contributed by atoms with van der Waals surface area (Å²) in [5, 5.41) is 46.7. The summed E-state index contributed by atoms with van der Waals surface area (Å²) in [4.78, 5) is 26.2. The van der Waals surface area contributed by atoms with Crippen LogP contribution in [0.15, 0.2) is 33.5 Å². The number of phenolic OH excluding ortho intramolecular Hbond substituents is 4. The first kappa shape index (κ1) is 25.6. The van der Waals surface area contributed by atoms with Crippen molar-refractivity contribution in [2.45, 2.75) is 47.6 Å². The van der Waals surface area contributed by atoms with E-state index in [0.717, 1.165) is 0 Å². The van der Waals surface area contributed by atoms with E-state index in [-0.39, 0.29) is 67.6 Å². The van der Waals surface area contributed by atoms with E-state index >= 15 is 0 Å². The number of benzene rings is 4. The quantitative estimate of drug-likeness (QED) is 0.179. The molecule has 0 spiro atoms. The van der Waals surface area contributed by atoms with E-state index in [1.807, 2.05) is 0 Å². The molecule has 2 heterocycles. The first-order chi connectivity index (χ1) is 18.8. The fraction of sp³-hybridized carbons (Fsp3) is 0.250. The molecule has 1 aliphatic heterocycles. The van der Waals surface area contributed by atoms with Crippen molar-refractivity contribution in [2.75, 3.05) is 0 Å². The first-order valence-corrected chi connectivity index (χ1v) is 13.0. The van der Waals surface area contributed by atoms with Gasteiger partial charge >= 0.3 is 0 Å². The fourth-order valence-corrected chi connectivity index (χ4v) is 5.95. The molecular weight excluding hydrogens is 512 g/mol. The van der Waals surface area contributed by atoms with Crippen molar-refractivity contribution in [3.05, 3.63) is 62.5 Å². The predicted molar refractivity (Wildman–Crippen MR) is 152 cm³/mol. The molecule has 0 fully saturated rings. The lowest BCUT2D eigenvalue weighted by atomic mass is 9.84. The number of hydrogen-bond donors (Lipinski definition) is 4. The van der Waals surface area contributed by atoms with Gasteiger partial charge in [-0.15, -0.1) is 0 Å². The Labute approximate surface area is 228 Å². The van der Waals surface area contributed by atoms with E-state index in [1.54, 1.807) is 53.7 Å². The van der Waals surface area contributed by atoms with Crippen LogP contribution in [0.1, 0.15) is 46.7 Å². The predicted octanol–water partition coefficient (Wildman–Crippen LogP) is 6.42. The second kappa shape index (κ2) is 8.39. The largest absolute Gasteiger partial charge is 0.507 e. The number of ether oxygens (including phenoxy) is 1. The van der Waals surface area contributed by atoms with Gasteiger partial charge in [-0.1, -0.05) is 6.92 Å². The van der Waals surface area contributed by atoms with E-state index < -0.39 is 12.0 Å². The number of hydrogen-bond acceptors (Lipinski definition) is 8. The summed E-state index contributed by atoms with van der Waals surface area (Å²) >= 11 is 0. The molecule has 2 unspecified atom stereocenters. The maximum absolute atomic E-state index is 13.1. The number of aromatic hydroxyl groups is 4. The Morgan fingerprint density at radius 2 is 1.25 bits per heavy atom. The van der Waals surface area contributed by atoms with E-state index in [0.29, 0.717) is 44.0 Å². The summed E-state index contributed by atoms with van der Waals surface area (Å²) in [6.45, 7) is 10.2. The minimum absolute atomic E-state index is 0.0232. The van der Waals surface area contributed by atoms with Gasteiger partial charge in [0.1, 0.15) is 57.1 Å². The molecule has 1 aliphatic rings. The summed E-state index contributed by atoms with van der Waals surface area (Å²) < 4.78 is 11.9. The maximum atomic E-state index is 13.1. The molecular formula is C32H28O8. The van der Waals surface area contributed by atoms with Crippen LogP contribution < -0.4 is 10.2 Å². The van der Waals surface area contributed by atoms with Crippen molar-refractivity contribution in [3.63, 3.8) is 0 Å². The summed E-state index contributed by atoms with van der Waals surface area (Å²) in [5.74, 6) is -1.11. The van der Waals surface area contributed by atoms with Crippen molar-refractivity contribution < 1.29 is 34.4 Å². The van der Waals surface area contributed by atoms with Crippen LogP contribution >= 0.6 is 0 Å². The number of ketones is 1. The van der Waals surface area contributed by atoms with Gasteiger partial charge in [0.15, 0.2) is 11.2 Å². The molecule has 4 N–H and O–H groups in total. The molecule has 0 aliphatic carbocycles. The number of rotatable bonds is 1. The molecule has 8 nitrogen and oxygen atoms in total. The lowest BCUT2D eigenvalue weighted by Crippen LogP contribution is -2.33. The highest BCUT2D eigenvalue weighted by Crippen LogP contribution is 2.52. The number of carbonyl (C=O) groups excluding carboxylic acids is 1. The van der Waals surface area contributed by atoms with Gasteiger partial charge in [-0.3, -0.25) is 9.59 Å². The standard InChI is InChI=1S/C32H28O8/c1-11-7-19(33)25(17-9-21-27(31(37)23(11)17)29(35)13(3)15(5)39-21)26-18-10-22-28(30(36)14(4)16(6)40-22)32(38)24(18)12(2)8-20(26)34/h7-10,13,15,33-34,37-38H,1-6H3. The van der Waals surface area contributed by atoms with Crippen LogP contribution in [0.5, 0.6) is 28.7 Å². The van der Waals surface area contributed by atoms with Crippen LogP contribution in [-0.2, 0) is 0 Å². The van der Waals surface area contributed by atoms with Crippen LogP contribution in [0.4, 0.5) is 0 Å². The van der Waals surface area contributed by atoms with E-state index in [2.05, 4.69) is 0 Å². The van der Waals surface area contributed by atoms with Gasteiger partial charge in [0.05, 0.1) is 5.92 Å². The summed E-state index contributed by atoms with van der Waals surface area (Å²) in [5.41, 5.74) is 1.54. The molecule has 204 valence electrons. The lowest BCUT2D eigenvalue weighted by molar-refractivity contribution is 0.0726. The number of carbonyl (C=O) groups is 1. The molecule has 5 aromatic rings. The monoisotopic (exact) mass is 540 g/mol. The van der Waals surface area contributed by atoms with E-state index in [1.165, 1.54) is 12.1 Å². The highest BCUT2D eigenvalue weighted by molar-refractivity contribution is 6.18. The number of phenols is 4. The third-order valence-corrected chi connectivity index (χ3v) is 8.36. The van der Waals surface area contributed by atoms with Gasteiger partial charge in [-0.05, 0) is 70.0 Å². The minimum Gasteiger partial charge on any atom is -0.507 e. The molecule has 0 bridgehead atoms. The van der Waals surface area contributed by atoms with Crippen LogP contribution in [-0.4, -0.2) is 32.3 Å². The number of fused-ring (bicyclic) bond motifs is 4. The van der Waals surface area contributed by atoms with Crippen LogP contribution in [0.3, 0.4) is 0 Å². The molecule has 40 heavy (non-hydrogen) atoms. The van der Waals surface area contributed by atoms with Gasteiger partial charge in [-0.2, -0.15) is 0 Å². The lowest BCUT2D eigenvalue weighted by Gasteiger charge is -2.29. The van der Waals surface area contributed by atoms with Crippen LogP contribution in [0.2, 0.25) is 0 Å². The van der Waals surface area contributed by atoms with Gasteiger partial charge in [0.25, 0.3) is 0 Å². The average molecular weight is 541 g/mol. The summed E-state index contributed by atoms with van der Waals surface area (Å²) in [7, 11) is 0. The minimum atomic E-state index is -0.462. The van der Waals surface area contributed by atoms with Crippen molar-refractivity contribution >= 4 is 38.3 Å². The third kappa shape index (κ3) is 3.25. The zero-order valence-electron chi connectivity index (χ0n) is 22.9. The van der Waals surface area contributed by atoms with E-state index in [9.17, 15) is 30.0 Å². The van der Waals surface area contributed by atoms with Crippen LogP contribution in [0, 0.1) is 33.6 Å². The molecule has 0 radical (unpaired) electrons. The van der Waals surface area contributed by atoms with Crippen molar-refractivity contribution in [1.29, 1.82) is 0 Å². The topological polar surface area (TPSA) is 137 Å². The molecule has 2 atom stereocenters. The normalized spacial score (nSPS) is 17.0. The molecule has 0 saturated carbocycles. The fourth-order valence-electron chi connectivity index (χ4n) is 5.95. The number of Topliss-reactive ketones (excluding diaryl/α,β-unsaturated/α-hetero) is 1. The zero-order chi connectivity index (χ0) is 28.9. The highest BCUT2D eigenvalue weighted by atomic mass is 16.5. The third-order valence-electron chi connectivity index (χ3n) is 8.36. The average Bonchev–Trinajstić information content (AvgIpc) is 2.86. The smallest absolute Gasteiger partial charge is 0.199 e.